The highest BCUT2D eigenvalue weighted by atomic mass is 35.5. The highest BCUT2D eigenvalue weighted by Crippen LogP contribution is 2.28. The second-order valence-corrected chi connectivity index (χ2v) is 12.5. The summed E-state index contributed by atoms with van der Waals surface area (Å²) in [6.45, 7) is 5.16. The topological polar surface area (TPSA) is 99.8 Å². The number of nitrogens with zero attached hydrogens (tertiary/aromatic N) is 1. The first-order chi connectivity index (χ1) is 19.2. The minimum Gasteiger partial charge on any atom is -0.383 e. The van der Waals surface area contributed by atoms with Crippen molar-refractivity contribution >= 4 is 46.3 Å². The molecular weight excluding hydrogens is 548 g/mol. The van der Waals surface area contributed by atoms with Gasteiger partial charge in [-0.1, -0.05) is 63.6 Å². The van der Waals surface area contributed by atoms with Crippen LogP contribution < -0.4 is 20.9 Å². The lowest BCUT2D eigenvalue weighted by atomic mass is 9.84. The van der Waals surface area contributed by atoms with Gasteiger partial charge in [0, 0.05) is 36.3 Å². The number of rotatable bonds is 14. The first-order valence-electron chi connectivity index (χ1n) is 14.1. The zero-order valence-corrected chi connectivity index (χ0v) is 25.6. The van der Waals surface area contributed by atoms with Gasteiger partial charge in [0.1, 0.15) is 12.1 Å². The largest absolute Gasteiger partial charge is 0.383 e. The summed E-state index contributed by atoms with van der Waals surface area (Å²) in [5.74, 6) is -0.605. The number of nitrogens with one attached hydrogen (secondary N) is 3. The van der Waals surface area contributed by atoms with E-state index in [0.29, 0.717) is 41.9 Å². The smallest absolute Gasteiger partial charge is 0.262 e. The molecule has 1 aromatic carbocycles. The molecule has 1 aliphatic carbocycles. The molecule has 0 unspecified atom stereocenters. The standard InChI is InChI=1S/C30H43ClN4O4S/c1-20(2)27(30(38)32-15-16-39-4)34-28(36)25(17-21-9-6-5-7-10-21)33-29(37)26-14-13-24(40-26)19-35(3)23-12-8-11-22(31)18-23/h8,11-14,18,20-21,25,27H,5-7,9-10,15-17,19H2,1-4H3,(H,32,38)(H,33,37)(H,34,36)/t25-,27+/m0/s1. The Morgan fingerprint density at radius 2 is 1.82 bits per heavy atom. The summed E-state index contributed by atoms with van der Waals surface area (Å²) in [5, 5.41) is 9.41. The van der Waals surface area contributed by atoms with Gasteiger partial charge in [-0.2, -0.15) is 0 Å². The van der Waals surface area contributed by atoms with E-state index in [-0.39, 0.29) is 23.6 Å². The number of hydrogen-bond acceptors (Lipinski definition) is 6. The lowest BCUT2D eigenvalue weighted by Crippen LogP contribution is -2.56. The maximum absolute atomic E-state index is 13.5. The van der Waals surface area contributed by atoms with Crippen LogP contribution in [0.4, 0.5) is 5.69 Å². The minimum atomic E-state index is -0.719. The van der Waals surface area contributed by atoms with Crippen LogP contribution in [0.2, 0.25) is 5.02 Å². The third-order valence-corrected chi connectivity index (χ3v) is 8.60. The highest BCUT2D eigenvalue weighted by Gasteiger charge is 2.31. The van der Waals surface area contributed by atoms with E-state index >= 15 is 0 Å². The first kappa shape index (κ1) is 31.9. The van der Waals surface area contributed by atoms with Gasteiger partial charge in [-0.25, -0.2) is 0 Å². The molecule has 1 saturated carbocycles. The van der Waals surface area contributed by atoms with E-state index in [4.69, 9.17) is 16.3 Å². The molecule has 1 fully saturated rings. The Morgan fingerprint density at radius 1 is 1.07 bits per heavy atom. The van der Waals surface area contributed by atoms with Crippen molar-refractivity contribution in [1.29, 1.82) is 0 Å². The number of thiophene rings is 1. The molecule has 2 atom stereocenters. The molecule has 40 heavy (non-hydrogen) atoms. The van der Waals surface area contributed by atoms with Crippen LogP contribution in [-0.4, -0.2) is 57.1 Å². The summed E-state index contributed by atoms with van der Waals surface area (Å²) >= 11 is 7.55. The Kier molecular flexibility index (Phi) is 12.7. The van der Waals surface area contributed by atoms with Crippen LogP contribution in [0.5, 0.6) is 0 Å². The van der Waals surface area contributed by atoms with Gasteiger partial charge in [0.25, 0.3) is 5.91 Å². The molecule has 0 saturated heterocycles. The van der Waals surface area contributed by atoms with Crippen molar-refractivity contribution in [3.05, 3.63) is 51.2 Å². The third kappa shape index (κ3) is 9.78. The number of anilines is 1. The van der Waals surface area contributed by atoms with Crippen molar-refractivity contribution in [2.24, 2.45) is 11.8 Å². The van der Waals surface area contributed by atoms with E-state index in [1.54, 1.807) is 13.2 Å². The molecule has 1 heterocycles. The predicted molar refractivity (Wildman–Crippen MR) is 162 cm³/mol. The van der Waals surface area contributed by atoms with Crippen molar-refractivity contribution < 1.29 is 19.1 Å². The normalized spacial score (nSPS) is 15.3. The fourth-order valence-corrected chi connectivity index (χ4v) is 6.16. The van der Waals surface area contributed by atoms with Crippen LogP contribution in [0.1, 0.15) is 66.9 Å². The number of carbonyl (C=O) groups excluding carboxylic acids is 3. The van der Waals surface area contributed by atoms with Crippen LogP contribution in [0, 0.1) is 11.8 Å². The van der Waals surface area contributed by atoms with Crippen LogP contribution in [0.15, 0.2) is 36.4 Å². The molecule has 1 aromatic heterocycles. The summed E-state index contributed by atoms with van der Waals surface area (Å²) in [6, 6.07) is 9.96. The van der Waals surface area contributed by atoms with Crippen molar-refractivity contribution in [3.8, 4) is 0 Å². The number of methoxy groups -OCH3 is 1. The highest BCUT2D eigenvalue weighted by molar-refractivity contribution is 7.14. The van der Waals surface area contributed by atoms with Gasteiger partial charge in [-0.3, -0.25) is 14.4 Å². The van der Waals surface area contributed by atoms with E-state index in [0.717, 1.165) is 36.2 Å². The molecule has 10 heteroatoms. The fourth-order valence-electron chi connectivity index (χ4n) is 5.02. The molecule has 1 aliphatic rings. The second kappa shape index (κ2) is 16.0. The Morgan fingerprint density at radius 3 is 2.50 bits per heavy atom. The number of ether oxygens (including phenoxy) is 1. The molecule has 8 nitrogen and oxygen atoms in total. The lowest BCUT2D eigenvalue weighted by Gasteiger charge is -2.29. The van der Waals surface area contributed by atoms with Gasteiger partial charge in [-0.05, 0) is 48.6 Å². The van der Waals surface area contributed by atoms with Gasteiger partial charge in [0.2, 0.25) is 11.8 Å². The molecular formula is C30H43ClN4O4S. The zero-order valence-electron chi connectivity index (χ0n) is 24.0. The van der Waals surface area contributed by atoms with Gasteiger partial charge >= 0.3 is 0 Å². The predicted octanol–water partition coefficient (Wildman–Crippen LogP) is 5.01. The summed E-state index contributed by atoms with van der Waals surface area (Å²) in [5.41, 5.74) is 0.988. The van der Waals surface area contributed by atoms with Crippen molar-refractivity contribution in [3.63, 3.8) is 0 Å². The van der Waals surface area contributed by atoms with Crippen LogP contribution >= 0.6 is 22.9 Å². The van der Waals surface area contributed by atoms with E-state index in [1.165, 1.54) is 17.8 Å². The number of hydrogen-bond donors (Lipinski definition) is 3. The molecule has 220 valence electrons. The summed E-state index contributed by atoms with van der Waals surface area (Å²) in [6.07, 6.45) is 6.13. The van der Waals surface area contributed by atoms with E-state index in [2.05, 4.69) is 20.9 Å². The van der Waals surface area contributed by atoms with E-state index < -0.39 is 12.1 Å². The molecule has 3 rings (SSSR count). The van der Waals surface area contributed by atoms with Crippen LogP contribution in [0.25, 0.3) is 0 Å². The fraction of sp³-hybridized carbons (Fsp3) is 0.567. The Balaban J connectivity index is 1.68. The molecule has 3 amide bonds. The van der Waals surface area contributed by atoms with Crippen molar-refractivity contribution in [2.75, 3.05) is 32.2 Å². The maximum atomic E-state index is 13.5. The Labute approximate surface area is 247 Å². The maximum Gasteiger partial charge on any atom is 0.262 e. The van der Waals surface area contributed by atoms with Crippen LogP contribution in [0.3, 0.4) is 0 Å². The van der Waals surface area contributed by atoms with Gasteiger partial charge in [0.05, 0.1) is 18.0 Å². The molecule has 2 aromatic rings. The average Bonchev–Trinajstić information content (AvgIpc) is 3.40. The Bertz CT molecular complexity index is 1120. The summed E-state index contributed by atoms with van der Waals surface area (Å²) in [7, 11) is 3.55. The minimum absolute atomic E-state index is 0.117. The van der Waals surface area contributed by atoms with Crippen molar-refractivity contribution in [2.45, 2.75) is 71.0 Å². The zero-order chi connectivity index (χ0) is 29.1. The quantitative estimate of drug-likeness (QED) is 0.269. The van der Waals surface area contributed by atoms with Gasteiger partial charge in [-0.15, -0.1) is 11.3 Å². The second-order valence-electron chi connectivity index (χ2n) is 10.9. The number of carbonyl (C=O) groups is 3. The van der Waals surface area contributed by atoms with E-state index in [9.17, 15) is 14.4 Å². The summed E-state index contributed by atoms with van der Waals surface area (Å²) < 4.78 is 5.02. The van der Waals surface area contributed by atoms with Gasteiger partial charge in [0.15, 0.2) is 0 Å². The molecule has 0 aliphatic heterocycles. The summed E-state index contributed by atoms with van der Waals surface area (Å²) in [4.78, 5) is 43.3. The average molecular weight is 591 g/mol. The third-order valence-electron chi connectivity index (χ3n) is 7.30. The van der Waals surface area contributed by atoms with Crippen molar-refractivity contribution in [1.82, 2.24) is 16.0 Å². The Hall–Kier alpha value is -2.62. The monoisotopic (exact) mass is 590 g/mol. The number of halogens is 1. The number of benzene rings is 1. The number of amides is 3. The van der Waals surface area contributed by atoms with Crippen LogP contribution in [-0.2, 0) is 20.9 Å². The van der Waals surface area contributed by atoms with Gasteiger partial charge < -0.3 is 25.6 Å². The molecule has 0 radical (unpaired) electrons. The first-order valence-corrected chi connectivity index (χ1v) is 15.3. The lowest BCUT2D eigenvalue weighted by molar-refractivity contribution is -0.131. The molecule has 3 N–H and O–H groups in total. The molecule has 0 spiro atoms. The SMILES string of the molecule is COCCNC(=O)[C@H](NC(=O)[C@H](CC1CCCCC1)NC(=O)c1ccc(CN(C)c2cccc(Cl)c2)s1)C(C)C. The molecule has 0 bridgehead atoms. The van der Waals surface area contributed by atoms with E-state index in [1.807, 2.05) is 51.2 Å².